The molecular formula is C52H38N2O8P2S. The first-order valence-electron chi connectivity index (χ1n) is 21.1. The molecule has 13 heteroatoms. The molecule has 4 aliphatic rings. The summed E-state index contributed by atoms with van der Waals surface area (Å²) in [6.45, 7) is 0.0995. The van der Waals surface area contributed by atoms with Crippen LogP contribution in [0.1, 0.15) is 22.7 Å². The quantitative estimate of drug-likeness (QED) is 0.149. The van der Waals surface area contributed by atoms with Gasteiger partial charge < -0.3 is 28.3 Å². The molecular weight excluding hydrogens is 875 g/mol. The minimum absolute atomic E-state index is 0.0498. The molecule has 0 spiro atoms. The largest absolute Gasteiger partial charge is 0.473 e. The number of ether oxygens (including phenoxy) is 2. The molecule has 8 aromatic rings. The zero-order valence-corrected chi connectivity index (χ0v) is 37.1. The molecule has 0 amide bonds. The monoisotopic (exact) mass is 912 g/mol. The average molecular weight is 913 g/mol. The summed E-state index contributed by atoms with van der Waals surface area (Å²) < 4.78 is 85.9. The first-order valence-corrected chi connectivity index (χ1v) is 26.0. The van der Waals surface area contributed by atoms with Crippen LogP contribution < -0.4 is 38.9 Å². The van der Waals surface area contributed by atoms with Crippen molar-refractivity contribution in [3.05, 3.63) is 205 Å². The molecule has 0 saturated carbocycles. The van der Waals surface area contributed by atoms with Crippen molar-refractivity contribution >= 4 is 46.6 Å². The lowest BCUT2D eigenvalue weighted by atomic mass is 10.0. The van der Waals surface area contributed by atoms with Crippen LogP contribution in [0.2, 0.25) is 0 Å². The van der Waals surface area contributed by atoms with Crippen LogP contribution in [-0.4, -0.2) is 21.9 Å². The van der Waals surface area contributed by atoms with Gasteiger partial charge in [-0.05, 0) is 96.1 Å². The average Bonchev–Trinajstić information content (AvgIpc) is 3.36. The van der Waals surface area contributed by atoms with Crippen LogP contribution in [0.15, 0.2) is 204 Å². The Kier molecular flexibility index (Phi) is 9.15. The highest BCUT2D eigenvalue weighted by Crippen LogP contribution is 2.68. The van der Waals surface area contributed by atoms with E-state index in [-0.39, 0.29) is 23.3 Å². The van der Waals surface area contributed by atoms with Gasteiger partial charge in [0.1, 0.15) is 23.0 Å². The van der Waals surface area contributed by atoms with Gasteiger partial charge in [0.15, 0.2) is 25.0 Å². The van der Waals surface area contributed by atoms with Crippen molar-refractivity contribution in [2.75, 3.05) is 23.3 Å². The highest BCUT2D eigenvalue weighted by molar-refractivity contribution is 7.91. The first-order chi connectivity index (χ1) is 31.7. The topological polar surface area (TPSA) is 112 Å². The van der Waals surface area contributed by atoms with Gasteiger partial charge in [-0.3, -0.25) is 9.13 Å². The van der Waals surface area contributed by atoms with E-state index in [9.17, 15) is 8.42 Å². The Balaban J connectivity index is 0.876. The molecule has 10 nitrogen and oxygen atoms in total. The summed E-state index contributed by atoms with van der Waals surface area (Å²) in [5, 5.41) is 1.21. The molecule has 0 aromatic heterocycles. The zero-order chi connectivity index (χ0) is 43.9. The van der Waals surface area contributed by atoms with Gasteiger partial charge >= 0.3 is 14.7 Å². The Morgan fingerprint density at radius 2 is 0.738 bits per heavy atom. The summed E-state index contributed by atoms with van der Waals surface area (Å²) in [5.41, 5.74) is 6.03. The molecule has 4 heterocycles. The number of hydrogen-bond acceptors (Lipinski definition) is 10. The summed E-state index contributed by atoms with van der Waals surface area (Å²) in [6.07, 6.45) is 0. The fourth-order valence-electron chi connectivity index (χ4n) is 9.58. The van der Waals surface area contributed by atoms with E-state index in [2.05, 4.69) is 0 Å². The number of nitrogens with zero attached hydrogens (tertiary/aromatic N) is 2. The molecule has 8 aromatic carbocycles. The Labute approximate surface area is 376 Å². The second kappa shape index (κ2) is 15.0. The maximum absolute atomic E-state index is 15.7. The van der Waals surface area contributed by atoms with Gasteiger partial charge in [-0.25, -0.2) is 8.42 Å². The van der Waals surface area contributed by atoms with E-state index in [1.165, 1.54) is 0 Å². The minimum atomic E-state index is -4.03. The van der Waals surface area contributed by atoms with Crippen LogP contribution in [0.5, 0.6) is 23.0 Å². The van der Waals surface area contributed by atoms with Gasteiger partial charge in [0.25, 0.3) is 0 Å². The van der Waals surface area contributed by atoms with Crippen molar-refractivity contribution in [1.29, 1.82) is 0 Å². The summed E-state index contributed by atoms with van der Waals surface area (Å²) in [6, 6.07) is 58.6. The van der Waals surface area contributed by atoms with Gasteiger partial charge in [-0.15, -0.1) is 0 Å². The van der Waals surface area contributed by atoms with Crippen molar-refractivity contribution in [3.8, 4) is 45.3 Å². The van der Waals surface area contributed by atoms with Crippen molar-refractivity contribution < 1.29 is 36.1 Å². The maximum Gasteiger partial charge on any atom is 0.304 e. The summed E-state index contributed by atoms with van der Waals surface area (Å²) in [7, 11) is -11.5. The molecule has 0 aliphatic carbocycles. The van der Waals surface area contributed by atoms with Crippen molar-refractivity contribution in [1.82, 2.24) is 0 Å². The SMILES string of the molecule is O=P1(C2c3ccccc3OCN2c2ccc(S(=O)(=O)c3ccc(N4COc5ccccc5C4P4(=O)Oc5ccccc5-c5ccccc54)cc3)cc2)Oc2ccccc2-c2ccccc21. The van der Waals surface area contributed by atoms with Crippen LogP contribution >= 0.6 is 14.7 Å². The Morgan fingerprint density at radius 3 is 1.15 bits per heavy atom. The van der Waals surface area contributed by atoms with E-state index in [0.29, 0.717) is 56.1 Å². The standard InChI is InChI=1S/C52H38N2O8P2S/c55-63(49-23-11-5-15-41(49)39-13-1-9-21-47(39)61-63)51-43-17-3-7-19-45(43)59-33-53(51)35-25-29-37(30-26-35)65(57,58)38-31-27-36(28-32-38)54-34-60-46-20-8-4-18-44(46)52(54)64(56)50-24-12-6-16-42(50)40-14-2-10-22-48(40)62-64/h1-32,51-52H,33-34H2. The lowest BCUT2D eigenvalue weighted by Crippen LogP contribution is -2.40. The number of para-hydroxylation sites is 4. The molecule has 12 rings (SSSR count). The zero-order valence-electron chi connectivity index (χ0n) is 34.5. The molecule has 0 fully saturated rings. The lowest BCUT2D eigenvalue weighted by Gasteiger charge is -2.43. The number of anilines is 2. The lowest BCUT2D eigenvalue weighted by molar-refractivity contribution is 0.281. The number of hydrogen-bond donors (Lipinski definition) is 0. The van der Waals surface area contributed by atoms with E-state index in [4.69, 9.17) is 18.5 Å². The minimum Gasteiger partial charge on any atom is -0.473 e. The fraction of sp³-hybridized carbons (Fsp3) is 0.0769. The third kappa shape index (κ3) is 6.17. The van der Waals surface area contributed by atoms with Crippen LogP contribution in [0, 0.1) is 0 Å². The molecule has 4 unspecified atom stereocenters. The van der Waals surface area contributed by atoms with Gasteiger partial charge in [-0.1, -0.05) is 109 Å². The third-order valence-electron chi connectivity index (χ3n) is 12.6. The van der Waals surface area contributed by atoms with E-state index in [1.54, 1.807) is 48.5 Å². The van der Waals surface area contributed by atoms with Gasteiger partial charge in [-0.2, -0.15) is 0 Å². The Hall–Kier alpha value is -7.03. The van der Waals surface area contributed by atoms with Crippen LogP contribution in [0.3, 0.4) is 0 Å². The number of fused-ring (bicyclic) bond motifs is 8. The second-order valence-electron chi connectivity index (χ2n) is 16.2. The second-order valence-corrected chi connectivity index (χ2v) is 22.8. The first kappa shape index (κ1) is 39.6. The van der Waals surface area contributed by atoms with Crippen LogP contribution in [0.25, 0.3) is 22.3 Å². The summed E-state index contributed by atoms with van der Waals surface area (Å²) in [5.74, 6) is 0.700. The third-order valence-corrected chi connectivity index (χ3v) is 19.9. The predicted molar refractivity (Wildman–Crippen MR) is 252 cm³/mol. The number of sulfone groups is 1. The van der Waals surface area contributed by atoms with Gasteiger partial charge in [0, 0.05) is 33.6 Å². The number of rotatable bonds is 6. The van der Waals surface area contributed by atoms with Crippen molar-refractivity contribution in [2.45, 2.75) is 21.4 Å². The van der Waals surface area contributed by atoms with Crippen LogP contribution in [0.4, 0.5) is 11.4 Å². The predicted octanol–water partition coefficient (Wildman–Crippen LogP) is 11.6. The highest BCUT2D eigenvalue weighted by Gasteiger charge is 2.51. The van der Waals surface area contributed by atoms with Gasteiger partial charge in [0.2, 0.25) is 9.84 Å². The van der Waals surface area contributed by atoms with E-state index in [1.807, 2.05) is 155 Å². The molecule has 65 heavy (non-hydrogen) atoms. The molecule has 0 radical (unpaired) electrons. The normalized spacial score (nSPS) is 21.3. The molecule has 0 bridgehead atoms. The smallest absolute Gasteiger partial charge is 0.304 e. The molecule has 0 saturated heterocycles. The van der Waals surface area contributed by atoms with E-state index in [0.717, 1.165) is 22.3 Å². The fourth-order valence-corrected chi connectivity index (χ4v) is 16.6. The molecule has 4 aliphatic heterocycles. The molecule has 0 N–H and O–H groups in total. The Morgan fingerprint density at radius 1 is 0.400 bits per heavy atom. The highest BCUT2D eigenvalue weighted by atomic mass is 32.2. The van der Waals surface area contributed by atoms with Crippen molar-refractivity contribution in [2.24, 2.45) is 0 Å². The maximum atomic E-state index is 15.7. The summed E-state index contributed by atoms with van der Waals surface area (Å²) in [4.78, 5) is 3.92. The summed E-state index contributed by atoms with van der Waals surface area (Å²) >= 11 is 0. The number of benzene rings is 8. The van der Waals surface area contributed by atoms with Gasteiger partial charge in [0.05, 0.1) is 20.4 Å². The van der Waals surface area contributed by atoms with E-state index >= 15 is 9.13 Å². The van der Waals surface area contributed by atoms with Crippen molar-refractivity contribution in [3.63, 3.8) is 0 Å². The van der Waals surface area contributed by atoms with Crippen LogP contribution in [-0.2, 0) is 19.0 Å². The van der Waals surface area contributed by atoms with E-state index < -0.39 is 36.1 Å². The molecule has 320 valence electrons. The Bertz CT molecular complexity index is 3200. The molecule has 4 atom stereocenters.